The van der Waals surface area contributed by atoms with Gasteiger partial charge in [0, 0.05) is 6.42 Å². The predicted octanol–water partition coefficient (Wildman–Crippen LogP) is 2.96. The molecule has 2 N–H and O–H groups in total. The fraction of sp³-hybridized carbons (Fsp3) is 0.909. The number of hydrogen-bond acceptors (Lipinski definition) is 1. The number of rotatable bonds is 3. The average Bonchev–Trinajstić information content (AvgIpc) is 1.85. The minimum Gasteiger partial charge on any atom is -0.370 e. The largest absolute Gasteiger partial charge is 0.370 e. The number of amides is 1. The van der Waals surface area contributed by atoms with E-state index in [1.54, 1.807) is 0 Å². The Morgan fingerprint density at radius 3 is 1.69 bits per heavy atom. The average molecular weight is 187 g/mol. The highest BCUT2D eigenvalue weighted by Gasteiger charge is 2.24. The van der Waals surface area contributed by atoms with Gasteiger partial charge in [0.05, 0.1) is 0 Å². The third-order valence-electron chi connectivity index (χ3n) is 2.19. The Bertz CT molecular complexity index is 139. The minimum atomic E-state index is -0.210. The van der Waals surface area contributed by atoms with Gasteiger partial charge in [0.25, 0.3) is 0 Å². The van der Waals surface area contributed by atoms with Crippen molar-refractivity contribution < 1.29 is 4.79 Å². The van der Waals surface area contributed by atoms with E-state index < -0.39 is 0 Å². The van der Waals surface area contributed by atoms with Crippen molar-refractivity contribution >= 4 is 5.91 Å². The van der Waals surface area contributed by atoms with Crippen LogP contribution in [0.3, 0.4) is 0 Å². The molecule has 0 unspecified atom stereocenters. The van der Waals surface area contributed by atoms with Crippen LogP contribution in [0.15, 0.2) is 0 Å². The zero-order chi connectivity index (χ0) is 11.1. The summed E-state index contributed by atoms with van der Waals surface area (Å²) < 4.78 is 0. The Labute approximate surface area is 82.9 Å². The molecule has 0 spiro atoms. The van der Waals surface area contributed by atoms with Crippen molar-refractivity contribution in [2.24, 2.45) is 17.1 Å². The van der Waals surface area contributed by atoms with E-state index in [0.29, 0.717) is 12.3 Å². The zero-order valence-corrected chi connectivity index (χ0v) is 9.98. The molecule has 2 nitrogen and oxygen atoms in total. The molecule has 0 aliphatic heterocycles. The first-order valence-electron chi connectivity index (χ1n) is 5.06. The molecular formula is C11H25NO. The second-order valence-electron chi connectivity index (χ2n) is 4.49. The van der Waals surface area contributed by atoms with Gasteiger partial charge in [0.1, 0.15) is 0 Å². The van der Waals surface area contributed by atoms with E-state index in [1.807, 2.05) is 0 Å². The molecule has 0 heterocycles. The molecule has 0 radical (unpaired) electrons. The van der Waals surface area contributed by atoms with Gasteiger partial charge in [-0.2, -0.15) is 0 Å². The maximum atomic E-state index is 10.5. The van der Waals surface area contributed by atoms with Gasteiger partial charge in [0.2, 0.25) is 5.91 Å². The Morgan fingerprint density at radius 1 is 1.31 bits per heavy atom. The summed E-state index contributed by atoms with van der Waals surface area (Å²) in [6.07, 6.45) is 1.73. The Kier molecular flexibility index (Phi) is 7.98. The number of nitrogens with two attached hydrogens (primary N) is 1. The van der Waals surface area contributed by atoms with Gasteiger partial charge in [-0.05, 0) is 11.3 Å². The van der Waals surface area contributed by atoms with Crippen molar-refractivity contribution in [3.05, 3.63) is 0 Å². The van der Waals surface area contributed by atoms with E-state index in [0.717, 1.165) is 0 Å². The summed E-state index contributed by atoms with van der Waals surface area (Å²) in [6.45, 7) is 12.6. The van der Waals surface area contributed by atoms with Crippen molar-refractivity contribution in [2.45, 2.75) is 54.4 Å². The van der Waals surface area contributed by atoms with E-state index in [9.17, 15) is 4.79 Å². The van der Waals surface area contributed by atoms with E-state index >= 15 is 0 Å². The normalized spacial score (nSPS) is 10.7. The lowest BCUT2D eigenvalue weighted by atomic mass is 9.78. The number of primary amides is 1. The van der Waals surface area contributed by atoms with E-state index in [1.165, 1.54) is 6.42 Å². The third kappa shape index (κ3) is 9.38. The maximum absolute atomic E-state index is 10.5. The molecule has 0 aliphatic carbocycles. The van der Waals surface area contributed by atoms with Crippen LogP contribution in [0.1, 0.15) is 54.4 Å². The summed E-state index contributed by atoms with van der Waals surface area (Å²) >= 11 is 0. The van der Waals surface area contributed by atoms with Gasteiger partial charge in [-0.3, -0.25) is 4.79 Å². The Hall–Kier alpha value is -0.530. The Morgan fingerprint density at radius 2 is 1.62 bits per heavy atom. The first-order valence-corrected chi connectivity index (χ1v) is 5.06. The molecule has 0 aromatic carbocycles. The third-order valence-corrected chi connectivity index (χ3v) is 2.19. The van der Waals surface area contributed by atoms with Crippen molar-refractivity contribution in [2.75, 3.05) is 0 Å². The predicted molar refractivity (Wildman–Crippen MR) is 58.4 cm³/mol. The summed E-state index contributed by atoms with van der Waals surface area (Å²) in [5.41, 5.74) is 5.12. The van der Waals surface area contributed by atoms with Gasteiger partial charge in [-0.1, -0.05) is 48.0 Å². The second-order valence-corrected chi connectivity index (χ2v) is 4.49. The van der Waals surface area contributed by atoms with Crippen molar-refractivity contribution in [1.82, 2.24) is 0 Å². The quantitative estimate of drug-likeness (QED) is 0.725. The highest BCUT2D eigenvalue weighted by molar-refractivity contribution is 5.74. The van der Waals surface area contributed by atoms with Gasteiger partial charge in [-0.25, -0.2) is 0 Å². The summed E-state index contributed by atoms with van der Waals surface area (Å²) in [5, 5.41) is 0. The lowest BCUT2D eigenvalue weighted by Crippen LogP contribution is -2.26. The monoisotopic (exact) mass is 187 g/mol. The lowest BCUT2D eigenvalue weighted by Gasteiger charge is -2.27. The summed E-state index contributed by atoms with van der Waals surface area (Å²) in [6, 6.07) is 0. The standard InChI is InChI=1S/C8H17NO.C3H8/c1-6(2)8(3,4)5-7(9)10;1-3-2/h6H,5H2,1-4H3,(H2,9,10);3H2,1-2H3. The fourth-order valence-corrected chi connectivity index (χ4v) is 0.653. The van der Waals surface area contributed by atoms with Gasteiger partial charge in [0.15, 0.2) is 0 Å². The van der Waals surface area contributed by atoms with Gasteiger partial charge in [-0.15, -0.1) is 0 Å². The van der Waals surface area contributed by atoms with Gasteiger partial charge < -0.3 is 5.73 Å². The minimum absolute atomic E-state index is 0.0475. The summed E-state index contributed by atoms with van der Waals surface area (Å²) in [5.74, 6) is 0.290. The molecular weight excluding hydrogens is 162 g/mol. The van der Waals surface area contributed by atoms with E-state index in [4.69, 9.17) is 5.73 Å². The Balaban J connectivity index is 0. The van der Waals surface area contributed by atoms with Crippen LogP contribution in [0.25, 0.3) is 0 Å². The van der Waals surface area contributed by atoms with Crippen LogP contribution in [0.5, 0.6) is 0 Å². The number of carbonyl (C=O) groups is 1. The molecule has 0 aliphatic rings. The van der Waals surface area contributed by atoms with Crippen molar-refractivity contribution in [3.8, 4) is 0 Å². The van der Waals surface area contributed by atoms with Crippen molar-refractivity contribution in [3.63, 3.8) is 0 Å². The van der Waals surface area contributed by atoms with Crippen LogP contribution in [-0.4, -0.2) is 5.91 Å². The van der Waals surface area contributed by atoms with E-state index in [2.05, 4.69) is 41.5 Å². The molecule has 0 atom stereocenters. The smallest absolute Gasteiger partial charge is 0.217 e. The molecule has 2 heteroatoms. The highest BCUT2D eigenvalue weighted by atomic mass is 16.1. The second kappa shape index (κ2) is 6.93. The topological polar surface area (TPSA) is 43.1 Å². The molecule has 0 fully saturated rings. The number of hydrogen-bond donors (Lipinski definition) is 1. The van der Waals surface area contributed by atoms with Crippen molar-refractivity contribution in [1.29, 1.82) is 0 Å². The highest BCUT2D eigenvalue weighted by Crippen LogP contribution is 2.29. The fourth-order valence-electron chi connectivity index (χ4n) is 0.653. The molecule has 0 saturated carbocycles. The molecule has 80 valence electrons. The van der Waals surface area contributed by atoms with Crippen LogP contribution in [0.4, 0.5) is 0 Å². The molecule has 13 heavy (non-hydrogen) atoms. The lowest BCUT2D eigenvalue weighted by molar-refractivity contribution is -0.120. The van der Waals surface area contributed by atoms with Crippen LogP contribution >= 0.6 is 0 Å². The number of carbonyl (C=O) groups excluding carboxylic acids is 1. The van der Waals surface area contributed by atoms with Crippen LogP contribution in [-0.2, 0) is 4.79 Å². The molecule has 0 rings (SSSR count). The van der Waals surface area contributed by atoms with E-state index in [-0.39, 0.29) is 11.3 Å². The molecule has 0 aromatic rings. The first-order chi connectivity index (χ1) is 5.77. The summed E-state index contributed by atoms with van der Waals surface area (Å²) in [7, 11) is 0. The molecule has 0 bridgehead atoms. The van der Waals surface area contributed by atoms with Crippen LogP contribution < -0.4 is 5.73 Å². The van der Waals surface area contributed by atoms with Crippen LogP contribution in [0.2, 0.25) is 0 Å². The zero-order valence-electron chi connectivity index (χ0n) is 9.98. The molecule has 0 saturated heterocycles. The molecule has 0 aromatic heterocycles. The first kappa shape index (κ1) is 15.0. The summed E-state index contributed by atoms with van der Waals surface area (Å²) in [4.78, 5) is 10.5. The van der Waals surface area contributed by atoms with Crippen LogP contribution in [0, 0.1) is 11.3 Å². The SMILES string of the molecule is CC(C)C(C)(C)CC(N)=O.CCC. The van der Waals surface area contributed by atoms with Gasteiger partial charge >= 0.3 is 0 Å². The maximum Gasteiger partial charge on any atom is 0.217 e. The molecule has 1 amide bonds.